The summed E-state index contributed by atoms with van der Waals surface area (Å²) in [5.74, 6) is -0.178. The zero-order valence-corrected chi connectivity index (χ0v) is 10.0. The van der Waals surface area contributed by atoms with Crippen molar-refractivity contribution in [3.8, 4) is 0 Å². The maximum atomic E-state index is 13.3. The molecule has 2 nitrogen and oxygen atoms in total. The smallest absolute Gasteiger partial charge is 0.123 e. The van der Waals surface area contributed by atoms with Crippen LogP contribution in [0.15, 0.2) is 18.2 Å². The third kappa shape index (κ3) is 1.84. The van der Waals surface area contributed by atoms with E-state index in [1.807, 2.05) is 6.07 Å². The fraction of sp³-hybridized carbons (Fsp3) is 0.429. The summed E-state index contributed by atoms with van der Waals surface area (Å²) in [5.41, 5.74) is 9.57. The zero-order valence-electron chi connectivity index (χ0n) is 10.0. The van der Waals surface area contributed by atoms with Gasteiger partial charge in [-0.3, -0.25) is 0 Å². The van der Waals surface area contributed by atoms with Crippen LogP contribution in [0.2, 0.25) is 0 Å². The Morgan fingerprint density at radius 2 is 2.24 bits per heavy atom. The highest BCUT2D eigenvalue weighted by molar-refractivity contribution is 5.85. The summed E-state index contributed by atoms with van der Waals surface area (Å²) >= 11 is 0. The number of aromatic amines is 1. The molecule has 0 spiro atoms. The van der Waals surface area contributed by atoms with Crippen LogP contribution in [0.1, 0.15) is 31.0 Å². The topological polar surface area (TPSA) is 41.8 Å². The van der Waals surface area contributed by atoms with E-state index in [1.165, 1.54) is 17.3 Å². The molecule has 1 aromatic carbocycles. The molecule has 0 saturated carbocycles. The van der Waals surface area contributed by atoms with Crippen LogP contribution in [0.4, 0.5) is 4.39 Å². The van der Waals surface area contributed by atoms with Gasteiger partial charge in [-0.2, -0.15) is 0 Å². The lowest BCUT2D eigenvalue weighted by Crippen LogP contribution is -2.37. The van der Waals surface area contributed by atoms with Crippen LogP contribution in [0, 0.1) is 5.82 Å². The Kier molecular flexibility index (Phi) is 2.26. The number of halogens is 1. The lowest BCUT2D eigenvalue weighted by Gasteiger charge is -2.22. The summed E-state index contributed by atoms with van der Waals surface area (Å²) in [4.78, 5) is 3.40. The predicted molar refractivity (Wildman–Crippen MR) is 67.5 cm³/mol. The third-order valence-corrected chi connectivity index (χ3v) is 3.71. The Balaban J connectivity index is 2.21. The molecule has 2 aromatic rings. The number of H-pyrrole nitrogens is 1. The summed E-state index contributed by atoms with van der Waals surface area (Å²) < 4.78 is 13.3. The molecule has 1 aromatic heterocycles. The van der Waals surface area contributed by atoms with E-state index >= 15 is 0 Å². The van der Waals surface area contributed by atoms with Crippen LogP contribution >= 0.6 is 0 Å². The van der Waals surface area contributed by atoms with E-state index in [-0.39, 0.29) is 11.4 Å². The quantitative estimate of drug-likeness (QED) is 0.674. The third-order valence-electron chi connectivity index (χ3n) is 3.71. The molecule has 0 radical (unpaired) electrons. The minimum Gasteiger partial charge on any atom is -0.358 e. The molecule has 17 heavy (non-hydrogen) atoms. The van der Waals surface area contributed by atoms with Crippen molar-refractivity contribution in [2.75, 3.05) is 0 Å². The van der Waals surface area contributed by atoms with Crippen molar-refractivity contribution in [2.24, 2.45) is 5.73 Å². The van der Waals surface area contributed by atoms with Crippen LogP contribution in [0.25, 0.3) is 10.9 Å². The van der Waals surface area contributed by atoms with Crippen LogP contribution in [0.3, 0.4) is 0 Å². The van der Waals surface area contributed by atoms with Crippen LogP contribution in [-0.4, -0.2) is 10.5 Å². The molecule has 3 N–H and O–H groups in total. The van der Waals surface area contributed by atoms with Gasteiger partial charge in [0.05, 0.1) is 0 Å². The van der Waals surface area contributed by atoms with E-state index in [2.05, 4.69) is 11.9 Å². The first-order valence-electron chi connectivity index (χ1n) is 6.13. The maximum Gasteiger partial charge on any atom is 0.123 e. The van der Waals surface area contributed by atoms with Crippen molar-refractivity contribution in [1.29, 1.82) is 0 Å². The lowest BCUT2D eigenvalue weighted by atomic mass is 9.91. The van der Waals surface area contributed by atoms with Crippen molar-refractivity contribution in [3.05, 3.63) is 35.3 Å². The number of fused-ring (bicyclic) bond motifs is 3. The van der Waals surface area contributed by atoms with E-state index in [1.54, 1.807) is 6.07 Å². The van der Waals surface area contributed by atoms with Crippen LogP contribution in [0.5, 0.6) is 0 Å². The Bertz CT molecular complexity index is 569. The maximum absolute atomic E-state index is 13.3. The van der Waals surface area contributed by atoms with Gasteiger partial charge in [0.25, 0.3) is 0 Å². The van der Waals surface area contributed by atoms with Crippen LogP contribution in [-0.2, 0) is 12.8 Å². The van der Waals surface area contributed by atoms with E-state index in [0.717, 1.165) is 36.6 Å². The number of hydrogen-bond acceptors (Lipinski definition) is 1. The minimum absolute atomic E-state index is 0.174. The second kappa shape index (κ2) is 3.57. The van der Waals surface area contributed by atoms with Gasteiger partial charge in [0.2, 0.25) is 0 Å². The molecule has 0 fully saturated rings. The van der Waals surface area contributed by atoms with Gasteiger partial charge in [-0.1, -0.05) is 0 Å². The minimum atomic E-state index is -0.178. The highest BCUT2D eigenvalue weighted by Crippen LogP contribution is 2.31. The predicted octanol–water partition coefficient (Wildman–Crippen LogP) is 2.90. The summed E-state index contributed by atoms with van der Waals surface area (Å²) in [6.07, 6.45) is 3.95. The SMILES string of the molecule is CC1(N)CCCc2[nH]c3ccc(F)cc3c2C1. The molecule has 1 aliphatic carbocycles. The number of nitrogens with two attached hydrogens (primary N) is 1. The number of nitrogens with one attached hydrogen (secondary N) is 1. The van der Waals surface area contributed by atoms with Crippen molar-refractivity contribution >= 4 is 10.9 Å². The lowest BCUT2D eigenvalue weighted by molar-refractivity contribution is 0.429. The van der Waals surface area contributed by atoms with Crippen molar-refractivity contribution in [1.82, 2.24) is 4.98 Å². The molecule has 90 valence electrons. The van der Waals surface area contributed by atoms with E-state index in [9.17, 15) is 4.39 Å². The molecule has 0 amide bonds. The first kappa shape index (κ1) is 10.8. The molecule has 0 aliphatic heterocycles. The molecule has 1 atom stereocenters. The van der Waals surface area contributed by atoms with Crippen molar-refractivity contribution in [2.45, 2.75) is 38.1 Å². The first-order valence-corrected chi connectivity index (χ1v) is 6.13. The number of benzene rings is 1. The summed E-state index contributed by atoms with van der Waals surface area (Å²) in [6, 6.07) is 4.93. The highest BCUT2D eigenvalue weighted by Gasteiger charge is 2.26. The van der Waals surface area contributed by atoms with Crippen molar-refractivity contribution in [3.63, 3.8) is 0 Å². The normalized spacial score (nSPS) is 24.6. The fourth-order valence-corrected chi connectivity index (χ4v) is 2.85. The fourth-order valence-electron chi connectivity index (χ4n) is 2.85. The van der Waals surface area contributed by atoms with Gasteiger partial charge in [0, 0.05) is 22.1 Å². The van der Waals surface area contributed by atoms with Gasteiger partial charge in [-0.15, -0.1) is 0 Å². The molecule has 1 aliphatic rings. The van der Waals surface area contributed by atoms with Gasteiger partial charge < -0.3 is 10.7 Å². The second-order valence-electron chi connectivity index (χ2n) is 5.46. The van der Waals surface area contributed by atoms with Crippen molar-refractivity contribution < 1.29 is 4.39 Å². The Labute approximate surface area is 100 Å². The number of hydrogen-bond donors (Lipinski definition) is 2. The second-order valence-corrected chi connectivity index (χ2v) is 5.46. The molecule has 1 unspecified atom stereocenters. The number of aryl methyl sites for hydroxylation is 1. The van der Waals surface area contributed by atoms with E-state index in [4.69, 9.17) is 5.73 Å². The standard InChI is InChI=1S/C14H17FN2/c1-14(16)6-2-3-12-11(8-14)10-7-9(15)4-5-13(10)17-12/h4-5,7,17H,2-3,6,8,16H2,1H3. The molecule has 3 heteroatoms. The summed E-state index contributed by atoms with van der Waals surface area (Å²) in [7, 11) is 0. The zero-order chi connectivity index (χ0) is 12.0. The van der Waals surface area contributed by atoms with Gasteiger partial charge >= 0.3 is 0 Å². The summed E-state index contributed by atoms with van der Waals surface area (Å²) in [6.45, 7) is 2.08. The first-order chi connectivity index (χ1) is 8.05. The molecule has 0 saturated heterocycles. The van der Waals surface area contributed by atoms with Gasteiger partial charge in [-0.25, -0.2) is 4.39 Å². The Hall–Kier alpha value is -1.35. The molecule has 1 heterocycles. The molecular formula is C14H17FN2. The monoisotopic (exact) mass is 232 g/mol. The van der Waals surface area contributed by atoms with Crippen LogP contribution < -0.4 is 5.73 Å². The van der Waals surface area contributed by atoms with Gasteiger partial charge in [-0.05, 0) is 56.4 Å². The average Bonchev–Trinajstić information content (AvgIpc) is 2.49. The average molecular weight is 232 g/mol. The van der Waals surface area contributed by atoms with E-state index in [0.29, 0.717) is 0 Å². The molecular weight excluding hydrogens is 215 g/mol. The summed E-state index contributed by atoms with van der Waals surface area (Å²) in [5, 5.41) is 0.999. The molecule has 0 bridgehead atoms. The van der Waals surface area contributed by atoms with E-state index < -0.39 is 0 Å². The highest BCUT2D eigenvalue weighted by atomic mass is 19.1. The largest absolute Gasteiger partial charge is 0.358 e. The number of rotatable bonds is 0. The van der Waals surface area contributed by atoms with Gasteiger partial charge in [0.1, 0.15) is 5.82 Å². The molecule has 3 rings (SSSR count). The Morgan fingerprint density at radius 1 is 1.41 bits per heavy atom. The van der Waals surface area contributed by atoms with Gasteiger partial charge in [0.15, 0.2) is 0 Å². The Morgan fingerprint density at radius 3 is 3.06 bits per heavy atom. The number of aromatic nitrogens is 1.